The summed E-state index contributed by atoms with van der Waals surface area (Å²) >= 11 is 1.29. The predicted molar refractivity (Wildman–Crippen MR) is 135 cm³/mol. The van der Waals surface area contributed by atoms with Gasteiger partial charge >= 0.3 is 11.9 Å². The Labute approximate surface area is 208 Å². The fourth-order valence-corrected chi connectivity index (χ4v) is 4.74. The summed E-state index contributed by atoms with van der Waals surface area (Å²) in [5.74, 6) is -2.67. The third-order valence-electron chi connectivity index (χ3n) is 5.53. The molecule has 2 unspecified atom stereocenters. The number of ether oxygens (including phenoxy) is 2. The van der Waals surface area contributed by atoms with E-state index in [2.05, 4.69) is 15.3 Å². The van der Waals surface area contributed by atoms with Crippen molar-refractivity contribution in [2.24, 2.45) is 10.9 Å². The minimum atomic E-state index is -0.803. The number of allylic oxidation sites excluding steroid dienone is 1. The van der Waals surface area contributed by atoms with E-state index >= 15 is 0 Å². The number of carbonyl (C=O) groups excluding carboxylic acids is 3. The number of thiazole rings is 1. The summed E-state index contributed by atoms with van der Waals surface area (Å²) in [5, 5.41) is 5.46. The number of anilines is 2. The van der Waals surface area contributed by atoms with E-state index in [9.17, 15) is 14.4 Å². The molecule has 3 rings (SSSR count). The van der Waals surface area contributed by atoms with Gasteiger partial charge in [-0.25, -0.2) is 9.78 Å². The average molecular weight is 499 g/mol. The first-order valence-corrected chi connectivity index (χ1v) is 12.2. The number of carbonyl (C=O) groups is 3. The van der Waals surface area contributed by atoms with Crippen molar-refractivity contribution in [1.82, 2.24) is 9.88 Å². The van der Waals surface area contributed by atoms with Crippen molar-refractivity contribution in [1.29, 1.82) is 0 Å². The smallest absolute Gasteiger partial charge is 0.336 e. The lowest BCUT2D eigenvalue weighted by atomic mass is 9.75. The molecule has 186 valence electrons. The van der Waals surface area contributed by atoms with Gasteiger partial charge in [0, 0.05) is 42.5 Å². The summed E-state index contributed by atoms with van der Waals surface area (Å²) in [5.41, 5.74) is 3.03. The fourth-order valence-electron chi connectivity index (χ4n) is 4.04. The highest BCUT2D eigenvalue weighted by Gasteiger charge is 2.43. The molecule has 0 bridgehead atoms. The van der Waals surface area contributed by atoms with E-state index < -0.39 is 23.8 Å². The lowest BCUT2D eigenvalue weighted by Gasteiger charge is -2.32. The summed E-state index contributed by atoms with van der Waals surface area (Å²) in [6.07, 6.45) is 0. The number of benzene rings is 1. The van der Waals surface area contributed by atoms with Gasteiger partial charge in [-0.2, -0.15) is 0 Å². The van der Waals surface area contributed by atoms with Crippen molar-refractivity contribution in [3.63, 3.8) is 0 Å². The van der Waals surface area contributed by atoms with Crippen molar-refractivity contribution in [3.8, 4) is 0 Å². The lowest BCUT2D eigenvalue weighted by Crippen LogP contribution is -2.36. The van der Waals surface area contributed by atoms with E-state index in [1.807, 2.05) is 24.3 Å². The van der Waals surface area contributed by atoms with Crippen molar-refractivity contribution in [3.05, 3.63) is 52.2 Å². The molecule has 1 aliphatic heterocycles. The van der Waals surface area contributed by atoms with Gasteiger partial charge in [0.05, 0.1) is 18.8 Å². The van der Waals surface area contributed by atoms with Gasteiger partial charge in [0.1, 0.15) is 11.6 Å². The Balaban J connectivity index is 2.11. The molecule has 0 radical (unpaired) electrons. The van der Waals surface area contributed by atoms with Crippen LogP contribution in [0.3, 0.4) is 0 Å². The van der Waals surface area contributed by atoms with Crippen LogP contribution in [-0.4, -0.2) is 60.8 Å². The van der Waals surface area contributed by atoms with Crippen LogP contribution in [0.5, 0.6) is 0 Å². The van der Waals surface area contributed by atoms with Crippen LogP contribution in [0.25, 0.3) is 0 Å². The standard InChI is InChI=1S/C25H30N4O5S/c1-7-33-23(31)19-14(3)26-15(4)20(24(32)34-8-2)21(19)16-11-9-10-12-17(16)27-25-28-18(13-35-25)22(30)29(5)6/h9-13,19,21H,7-8H2,1-6H3,(H,27,28). The molecule has 35 heavy (non-hydrogen) atoms. The minimum Gasteiger partial charge on any atom is -0.465 e. The fraction of sp³-hybridized carbons (Fsp3) is 0.400. The largest absolute Gasteiger partial charge is 0.465 e. The molecule has 0 aliphatic carbocycles. The molecule has 1 amide bonds. The molecule has 10 heteroatoms. The molecular weight excluding hydrogens is 468 g/mol. The number of nitrogens with one attached hydrogen (secondary N) is 1. The highest BCUT2D eigenvalue weighted by molar-refractivity contribution is 7.14. The Kier molecular flexibility index (Phi) is 8.39. The van der Waals surface area contributed by atoms with Gasteiger partial charge in [-0.1, -0.05) is 18.2 Å². The van der Waals surface area contributed by atoms with Gasteiger partial charge in [-0.05, 0) is 39.3 Å². The third-order valence-corrected chi connectivity index (χ3v) is 6.29. The van der Waals surface area contributed by atoms with Crippen molar-refractivity contribution in [2.45, 2.75) is 33.6 Å². The van der Waals surface area contributed by atoms with E-state index in [4.69, 9.17) is 9.47 Å². The number of hydrogen-bond donors (Lipinski definition) is 1. The SMILES string of the molecule is CCOC(=O)C1=C(C)N=C(C)C(C(=O)OCC)C1c1ccccc1Nc1nc(C(=O)N(C)C)cs1. The number of esters is 2. The van der Waals surface area contributed by atoms with Crippen LogP contribution in [-0.2, 0) is 19.1 Å². The molecule has 0 spiro atoms. The highest BCUT2D eigenvalue weighted by Crippen LogP contribution is 2.43. The first-order valence-electron chi connectivity index (χ1n) is 11.3. The van der Waals surface area contributed by atoms with Gasteiger partial charge in [0.15, 0.2) is 5.13 Å². The molecule has 2 atom stereocenters. The van der Waals surface area contributed by atoms with Gasteiger partial charge < -0.3 is 19.7 Å². The van der Waals surface area contributed by atoms with E-state index in [0.29, 0.717) is 39.1 Å². The quantitative estimate of drug-likeness (QED) is 0.544. The predicted octanol–water partition coefficient (Wildman–Crippen LogP) is 4.16. The second-order valence-corrected chi connectivity index (χ2v) is 8.99. The van der Waals surface area contributed by atoms with Crippen molar-refractivity contribution in [2.75, 3.05) is 32.6 Å². The Bertz CT molecular complexity index is 1180. The van der Waals surface area contributed by atoms with Gasteiger partial charge in [-0.15, -0.1) is 11.3 Å². The van der Waals surface area contributed by atoms with E-state index in [1.165, 1.54) is 16.2 Å². The average Bonchev–Trinajstić information content (AvgIpc) is 3.27. The molecule has 1 aromatic heterocycles. The van der Waals surface area contributed by atoms with Crippen LogP contribution in [0, 0.1) is 5.92 Å². The molecule has 1 N–H and O–H groups in total. The summed E-state index contributed by atoms with van der Waals surface area (Å²) in [6.45, 7) is 7.36. The highest BCUT2D eigenvalue weighted by atomic mass is 32.1. The Hall–Kier alpha value is -3.53. The van der Waals surface area contributed by atoms with Crippen LogP contribution in [0.2, 0.25) is 0 Å². The zero-order valence-corrected chi connectivity index (χ0v) is 21.6. The molecule has 1 aromatic carbocycles. The number of hydrogen-bond acceptors (Lipinski definition) is 9. The number of rotatable bonds is 8. The first kappa shape index (κ1) is 26.1. The maximum atomic E-state index is 13.1. The molecule has 0 fully saturated rings. The van der Waals surface area contributed by atoms with Gasteiger partial charge in [-0.3, -0.25) is 14.6 Å². The van der Waals surface area contributed by atoms with Crippen LogP contribution < -0.4 is 5.32 Å². The maximum absolute atomic E-state index is 13.1. The Morgan fingerprint density at radius 2 is 1.77 bits per heavy atom. The number of aromatic nitrogens is 1. The summed E-state index contributed by atoms with van der Waals surface area (Å²) < 4.78 is 10.7. The number of aliphatic imine (C=N–C) groups is 1. The molecule has 9 nitrogen and oxygen atoms in total. The lowest BCUT2D eigenvalue weighted by molar-refractivity contribution is -0.146. The van der Waals surface area contributed by atoms with Crippen LogP contribution in [0.1, 0.15) is 49.7 Å². The van der Waals surface area contributed by atoms with E-state index in [0.717, 1.165) is 0 Å². The van der Waals surface area contributed by atoms with Gasteiger partial charge in [0.2, 0.25) is 0 Å². The number of para-hydroxylation sites is 1. The first-order chi connectivity index (χ1) is 16.7. The van der Waals surface area contributed by atoms with Crippen LogP contribution in [0.15, 0.2) is 45.9 Å². The summed E-state index contributed by atoms with van der Waals surface area (Å²) in [7, 11) is 3.33. The van der Waals surface area contributed by atoms with Crippen LogP contribution in [0.4, 0.5) is 10.8 Å². The molecule has 0 saturated carbocycles. The molecule has 2 aromatic rings. The zero-order chi connectivity index (χ0) is 25.7. The monoisotopic (exact) mass is 498 g/mol. The minimum absolute atomic E-state index is 0.191. The normalized spacial score (nSPS) is 17.5. The summed E-state index contributed by atoms with van der Waals surface area (Å²) in [4.78, 5) is 48.8. The van der Waals surface area contributed by atoms with Crippen molar-refractivity contribution < 1.29 is 23.9 Å². The number of nitrogens with zero attached hydrogens (tertiary/aromatic N) is 3. The Morgan fingerprint density at radius 3 is 2.43 bits per heavy atom. The number of amides is 1. The zero-order valence-electron chi connectivity index (χ0n) is 20.7. The topological polar surface area (TPSA) is 110 Å². The van der Waals surface area contributed by atoms with E-state index in [1.54, 1.807) is 47.2 Å². The summed E-state index contributed by atoms with van der Waals surface area (Å²) in [6, 6.07) is 7.37. The molecule has 1 aliphatic rings. The molecule has 0 saturated heterocycles. The second-order valence-electron chi connectivity index (χ2n) is 8.13. The van der Waals surface area contributed by atoms with E-state index in [-0.39, 0.29) is 19.1 Å². The molecular formula is C25H30N4O5S. The van der Waals surface area contributed by atoms with Crippen molar-refractivity contribution >= 4 is 45.7 Å². The third kappa shape index (κ3) is 5.59. The Morgan fingerprint density at radius 1 is 1.09 bits per heavy atom. The second kappa shape index (κ2) is 11.3. The molecule has 2 heterocycles. The van der Waals surface area contributed by atoms with Crippen LogP contribution >= 0.6 is 11.3 Å². The maximum Gasteiger partial charge on any atom is 0.336 e. The van der Waals surface area contributed by atoms with Gasteiger partial charge in [0.25, 0.3) is 5.91 Å².